The van der Waals surface area contributed by atoms with E-state index in [-0.39, 0.29) is 11.3 Å². The summed E-state index contributed by atoms with van der Waals surface area (Å²) in [7, 11) is 0. The van der Waals surface area contributed by atoms with Crippen LogP contribution in [-0.4, -0.2) is 63.3 Å². The molecule has 1 amide bonds. The zero-order chi connectivity index (χ0) is 16.0. The van der Waals surface area contributed by atoms with Crippen LogP contribution < -0.4 is 10.6 Å². The molecular formula is C18H33N3O2. The van der Waals surface area contributed by atoms with Crippen molar-refractivity contribution < 1.29 is 9.53 Å². The number of nitrogens with one attached hydrogen (secondary N) is 2. The minimum Gasteiger partial charge on any atom is -0.379 e. The quantitative estimate of drug-likeness (QED) is 0.803. The van der Waals surface area contributed by atoms with Gasteiger partial charge in [0.25, 0.3) is 0 Å². The van der Waals surface area contributed by atoms with Crippen LogP contribution in [0.4, 0.5) is 0 Å². The molecule has 0 radical (unpaired) electrons. The molecule has 0 bridgehead atoms. The third-order valence-electron chi connectivity index (χ3n) is 5.92. The number of carbonyl (C=O) groups excluding carboxylic acids is 1. The highest BCUT2D eigenvalue weighted by Crippen LogP contribution is 2.37. The van der Waals surface area contributed by atoms with Crippen molar-refractivity contribution in [3.63, 3.8) is 0 Å². The first-order valence-electron chi connectivity index (χ1n) is 9.56. The van der Waals surface area contributed by atoms with Gasteiger partial charge in [0.2, 0.25) is 5.91 Å². The summed E-state index contributed by atoms with van der Waals surface area (Å²) in [5, 5.41) is 6.67. The average molecular weight is 323 g/mol. The number of morpholine rings is 1. The smallest absolute Gasteiger partial charge is 0.223 e. The molecule has 5 nitrogen and oxygen atoms in total. The van der Waals surface area contributed by atoms with Gasteiger partial charge in [0.05, 0.1) is 13.2 Å². The van der Waals surface area contributed by atoms with Crippen molar-refractivity contribution in [3.8, 4) is 0 Å². The van der Waals surface area contributed by atoms with Crippen LogP contribution in [0.2, 0.25) is 0 Å². The second-order valence-corrected chi connectivity index (χ2v) is 7.69. The van der Waals surface area contributed by atoms with Gasteiger partial charge in [0.15, 0.2) is 0 Å². The van der Waals surface area contributed by atoms with E-state index < -0.39 is 0 Å². The van der Waals surface area contributed by atoms with Crippen molar-refractivity contribution in [2.24, 2.45) is 11.3 Å². The highest BCUT2D eigenvalue weighted by atomic mass is 16.5. The number of ether oxygens (including phenoxy) is 1. The maximum atomic E-state index is 12.5. The van der Waals surface area contributed by atoms with Crippen LogP contribution >= 0.6 is 0 Å². The van der Waals surface area contributed by atoms with Crippen LogP contribution in [0.25, 0.3) is 0 Å². The first kappa shape index (κ1) is 17.2. The zero-order valence-electron chi connectivity index (χ0n) is 14.4. The summed E-state index contributed by atoms with van der Waals surface area (Å²) in [6, 6.07) is 0. The second kappa shape index (κ2) is 8.45. The molecule has 0 aromatic heterocycles. The molecular weight excluding hydrogens is 290 g/mol. The van der Waals surface area contributed by atoms with Gasteiger partial charge in [-0.25, -0.2) is 0 Å². The number of amides is 1. The molecule has 5 heteroatoms. The first-order valence-corrected chi connectivity index (χ1v) is 9.56. The van der Waals surface area contributed by atoms with Gasteiger partial charge in [-0.15, -0.1) is 0 Å². The van der Waals surface area contributed by atoms with E-state index in [0.29, 0.717) is 5.91 Å². The molecule has 2 aliphatic heterocycles. The molecule has 0 unspecified atom stereocenters. The normalized spacial score (nSPS) is 26.8. The Hall–Kier alpha value is -0.650. The van der Waals surface area contributed by atoms with E-state index >= 15 is 0 Å². The van der Waals surface area contributed by atoms with Crippen LogP contribution in [0.5, 0.6) is 0 Å². The van der Waals surface area contributed by atoms with Crippen LogP contribution in [0.15, 0.2) is 0 Å². The predicted octanol–water partition coefficient (Wildman–Crippen LogP) is 1.38. The molecule has 1 aliphatic carbocycles. The van der Waals surface area contributed by atoms with Gasteiger partial charge in [-0.2, -0.15) is 0 Å². The fourth-order valence-corrected chi connectivity index (χ4v) is 4.43. The van der Waals surface area contributed by atoms with Crippen molar-refractivity contribution in [2.45, 2.75) is 44.9 Å². The van der Waals surface area contributed by atoms with Crippen LogP contribution in [0.1, 0.15) is 44.9 Å². The lowest BCUT2D eigenvalue weighted by molar-refractivity contribution is -0.126. The number of nitrogens with zero attached hydrogens (tertiary/aromatic N) is 1. The molecule has 0 atom stereocenters. The number of rotatable bonds is 5. The summed E-state index contributed by atoms with van der Waals surface area (Å²) in [6.45, 7) is 7.77. The lowest BCUT2D eigenvalue weighted by Gasteiger charge is -2.42. The molecule has 2 saturated heterocycles. The van der Waals surface area contributed by atoms with Crippen molar-refractivity contribution in [1.29, 1.82) is 0 Å². The fraction of sp³-hybridized carbons (Fsp3) is 0.944. The van der Waals surface area contributed by atoms with E-state index in [4.69, 9.17) is 4.74 Å². The fourth-order valence-electron chi connectivity index (χ4n) is 4.43. The Kier molecular flexibility index (Phi) is 6.31. The Morgan fingerprint density at radius 2 is 1.83 bits per heavy atom. The number of hydrogen-bond acceptors (Lipinski definition) is 4. The zero-order valence-corrected chi connectivity index (χ0v) is 14.4. The molecule has 3 aliphatic rings. The van der Waals surface area contributed by atoms with Gasteiger partial charge in [0.1, 0.15) is 0 Å². The van der Waals surface area contributed by atoms with Gasteiger partial charge < -0.3 is 15.4 Å². The van der Waals surface area contributed by atoms with Crippen LogP contribution in [-0.2, 0) is 9.53 Å². The molecule has 0 aromatic carbocycles. The first-order chi connectivity index (χ1) is 11.3. The van der Waals surface area contributed by atoms with E-state index in [0.717, 1.165) is 65.3 Å². The SMILES string of the molecule is O=C(NCC1(CN2CCOCC2)CCCCC1)C1CCNCC1. The van der Waals surface area contributed by atoms with Gasteiger partial charge in [-0.05, 0) is 38.8 Å². The van der Waals surface area contributed by atoms with E-state index in [2.05, 4.69) is 15.5 Å². The lowest BCUT2D eigenvalue weighted by Crippen LogP contribution is -2.50. The van der Waals surface area contributed by atoms with Crippen LogP contribution in [0, 0.1) is 11.3 Å². The molecule has 3 rings (SSSR count). The third-order valence-corrected chi connectivity index (χ3v) is 5.92. The molecule has 0 spiro atoms. The van der Waals surface area contributed by atoms with Gasteiger partial charge >= 0.3 is 0 Å². The standard InChI is InChI=1S/C18H33N3O2/c22-17(16-4-8-19-9-5-16)20-14-18(6-2-1-3-7-18)15-21-10-12-23-13-11-21/h16,19H,1-15H2,(H,20,22). The average Bonchev–Trinajstić information content (AvgIpc) is 2.62. The molecule has 23 heavy (non-hydrogen) atoms. The van der Waals surface area contributed by atoms with Gasteiger partial charge in [-0.3, -0.25) is 9.69 Å². The summed E-state index contributed by atoms with van der Waals surface area (Å²) in [5.41, 5.74) is 0.290. The molecule has 3 fully saturated rings. The molecule has 0 aromatic rings. The summed E-state index contributed by atoms with van der Waals surface area (Å²) < 4.78 is 5.48. The van der Waals surface area contributed by atoms with Crippen molar-refractivity contribution in [2.75, 3.05) is 52.5 Å². The summed E-state index contributed by atoms with van der Waals surface area (Å²) in [4.78, 5) is 15.0. The van der Waals surface area contributed by atoms with Crippen molar-refractivity contribution >= 4 is 5.91 Å². The van der Waals surface area contributed by atoms with E-state index in [9.17, 15) is 4.79 Å². The minimum absolute atomic E-state index is 0.222. The molecule has 2 heterocycles. The number of hydrogen-bond donors (Lipinski definition) is 2. The Morgan fingerprint density at radius 3 is 2.52 bits per heavy atom. The highest BCUT2D eigenvalue weighted by molar-refractivity contribution is 5.78. The highest BCUT2D eigenvalue weighted by Gasteiger charge is 2.35. The Bertz CT molecular complexity index is 370. The van der Waals surface area contributed by atoms with Gasteiger partial charge in [0, 0.05) is 37.5 Å². The maximum Gasteiger partial charge on any atom is 0.223 e. The summed E-state index contributed by atoms with van der Waals surface area (Å²) in [6.07, 6.45) is 8.48. The van der Waals surface area contributed by atoms with E-state index in [1.54, 1.807) is 0 Å². The molecule has 2 N–H and O–H groups in total. The Morgan fingerprint density at radius 1 is 1.13 bits per heavy atom. The number of piperidine rings is 1. The lowest BCUT2D eigenvalue weighted by atomic mass is 9.73. The molecule has 132 valence electrons. The van der Waals surface area contributed by atoms with Gasteiger partial charge in [-0.1, -0.05) is 19.3 Å². The third kappa shape index (κ3) is 4.91. The van der Waals surface area contributed by atoms with E-state index in [1.807, 2.05) is 0 Å². The Balaban J connectivity index is 1.53. The Labute approximate surface area is 140 Å². The number of carbonyl (C=O) groups is 1. The summed E-state index contributed by atoms with van der Waals surface area (Å²) >= 11 is 0. The summed E-state index contributed by atoms with van der Waals surface area (Å²) in [5.74, 6) is 0.513. The topological polar surface area (TPSA) is 53.6 Å². The molecule has 1 saturated carbocycles. The van der Waals surface area contributed by atoms with E-state index in [1.165, 1.54) is 32.1 Å². The largest absolute Gasteiger partial charge is 0.379 e. The second-order valence-electron chi connectivity index (χ2n) is 7.69. The monoisotopic (exact) mass is 323 g/mol. The van der Waals surface area contributed by atoms with Crippen molar-refractivity contribution in [1.82, 2.24) is 15.5 Å². The van der Waals surface area contributed by atoms with Crippen LogP contribution in [0.3, 0.4) is 0 Å². The maximum absolute atomic E-state index is 12.5. The minimum atomic E-state index is 0.222. The predicted molar refractivity (Wildman–Crippen MR) is 91.4 cm³/mol. The van der Waals surface area contributed by atoms with Crippen molar-refractivity contribution in [3.05, 3.63) is 0 Å².